The smallest absolute Gasteiger partial charge is 0.371 e. The van der Waals surface area contributed by atoms with Gasteiger partial charge in [0.2, 0.25) is 5.76 Å². The van der Waals surface area contributed by atoms with Crippen molar-refractivity contribution < 1.29 is 14.3 Å². The molecule has 100 valence electrons. The van der Waals surface area contributed by atoms with Gasteiger partial charge in [0.15, 0.2) is 0 Å². The molecule has 1 aromatic heterocycles. The van der Waals surface area contributed by atoms with Gasteiger partial charge in [-0.25, -0.2) is 4.79 Å². The average Bonchev–Trinajstić information content (AvgIpc) is 2.77. The third-order valence-corrected chi connectivity index (χ3v) is 2.83. The molecule has 0 radical (unpaired) electrons. The Morgan fingerprint density at radius 2 is 2.05 bits per heavy atom. The molecule has 4 nitrogen and oxygen atoms in total. The standard InChI is InChI=1S/C15H17NO3/c1-11-4-3-5-12(8-11)9-16(2)10-13-6-7-14(19-13)15(17)18/h3-8H,9-10H2,1-2H3,(H,17,18). The van der Waals surface area contributed by atoms with E-state index in [1.165, 1.54) is 17.2 Å². The molecule has 0 amide bonds. The molecule has 4 heteroatoms. The first kappa shape index (κ1) is 13.4. The summed E-state index contributed by atoms with van der Waals surface area (Å²) in [6, 6.07) is 11.5. The molecule has 0 unspecified atom stereocenters. The van der Waals surface area contributed by atoms with E-state index in [1.54, 1.807) is 6.07 Å². The van der Waals surface area contributed by atoms with E-state index in [1.807, 2.05) is 13.1 Å². The molecule has 0 fully saturated rings. The minimum atomic E-state index is -1.03. The second kappa shape index (κ2) is 5.71. The largest absolute Gasteiger partial charge is 0.475 e. The van der Waals surface area contributed by atoms with Gasteiger partial charge in [0.05, 0.1) is 6.54 Å². The molecule has 1 N–H and O–H groups in total. The quantitative estimate of drug-likeness (QED) is 0.897. The molecule has 0 saturated carbocycles. The van der Waals surface area contributed by atoms with Crippen molar-refractivity contribution in [2.45, 2.75) is 20.0 Å². The molecule has 1 aromatic carbocycles. The lowest BCUT2D eigenvalue weighted by molar-refractivity contribution is 0.0658. The predicted octanol–water partition coefficient (Wildman–Crippen LogP) is 2.92. The van der Waals surface area contributed by atoms with Gasteiger partial charge in [-0.2, -0.15) is 0 Å². The van der Waals surface area contributed by atoms with Crippen LogP contribution in [0.25, 0.3) is 0 Å². The number of nitrogens with zero attached hydrogens (tertiary/aromatic N) is 1. The number of aromatic carboxylic acids is 1. The van der Waals surface area contributed by atoms with Crippen LogP contribution in [-0.4, -0.2) is 23.0 Å². The number of carboxylic acids is 1. The van der Waals surface area contributed by atoms with E-state index in [4.69, 9.17) is 9.52 Å². The van der Waals surface area contributed by atoms with Crippen molar-refractivity contribution in [3.05, 3.63) is 59.0 Å². The van der Waals surface area contributed by atoms with Gasteiger partial charge in [0.25, 0.3) is 0 Å². The first-order valence-corrected chi connectivity index (χ1v) is 6.10. The van der Waals surface area contributed by atoms with E-state index in [9.17, 15) is 4.79 Å². The summed E-state index contributed by atoms with van der Waals surface area (Å²) in [6.45, 7) is 3.45. The maximum absolute atomic E-state index is 10.7. The molecule has 19 heavy (non-hydrogen) atoms. The second-order valence-corrected chi connectivity index (χ2v) is 4.73. The van der Waals surface area contributed by atoms with Crippen LogP contribution in [0.1, 0.15) is 27.4 Å². The zero-order chi connectivity index (χ0) is 13.8. The Bertz CT molecular complexity index is 574. The van der Waals surface area contributed by atoms with Gasteiger partial charge in [-0.1, -0.05) is 29.8 Å². The zero-order valence-electron chi connectivity index (χ0n) is 11.1. The van der Waals surface area contributed by atoms with Crippen LogP contribution in [0.5, 0.6) is 0 Å². The SMILES string of the molecule is Cc1cccc(CN(C)Cc2ccc(C(=O)O)o2)c1. The lowest BCUT2D eigenvalue weighted by atomic mass is 10.1. The number of rotatable bonds is 5. The monoisotopic (exact) mass is 259 g/mol. The van der Waals surface area contributed by atoms with Crippen LogP contribution in [0.3, 0.4) is 0 Å². The molecule has 2 rings (SSSR count). The van der Waals surface area contributed by atoms with Crippen LogP contribution >= 0.6 is 0 Å². The predicted molar refractivity (Wildman–Crippen MR) is 72.0 cm³/mol. The summed E-state index contributed by atoms with van der Waals surface area (Å²) < 4.78 is 5.24. The van der Waals surface area contributed by atoms with Crippen LogP contribution in [0.4, 0.5) is 0 Å². The van der Waals surface area contributed by atoms with Gasteiger partial charge in [0.1, 0.15) is 5.76 Å². The van der Waals surface area contributed by atoms with Crippen LogP contribution < -0.4 is 0 Å². The fraction of sp³-hybridized carbons (Fsp3) is 0.267. The topological polar surface area (TPSA) is 53.7 Å². The van der Waals surface area contributed by atoms with E-state index in [-0.39, 0.29) is 5.76 Å². The van der Waals surface area contributed by atoms with Crippen molar-refractivity contribution in [3.8, 4) is 0 Å². The van der Waals surface area contributed by atoms with E-state index in [0.717, 1.165) is 6.54 Å². The molecule has 0 atom stereocenters. The Hall–Kier alpha value is -2.07. The molecular weight excluding hydrogens is 242 g/mol. The van der Waals surface area contributed by atoms with E-state index in [2.05, 4.69) is 30.0 Å². The number of benzene rings is 1. The third-order valence-electron chi connectivity index (χ3n) is 2.83. The van der Waals surface area contributed by atoms with Crippen molar-refractivity contribution in [2.75, 3.05) is 7.05 Å². The van der Waals surface area contributed by atoms with Gasteiger partial charge in [-0.3, -0.25) is 4.90 Å². The highest BCUT2D eigenvalue weighted by atomic mass is 16.4. The summed E-state index contributed by atoms with van der Waals surface area (Å²) in [5.41, 5.74) is 2.46. The van der Waals surface area contributed by atoms with Gasteiger partial charge in [-0.15, -0.1) is 0 Å². The van der Waals surface area contributed by atoms with Crippen LogP contribution in [0, 0.1) is 6.92 Å². The molecule has 0 aliphatic carbocycles. The maximum atomic E-state index is 10.7. The van der Waals surface area contributed by atoms with Crippen molar-refractivity contribution >= 4 is 5.97 Å². The van der Waals surface area contributed by atoms with E-state index < -0.39 is 5.97 Å². The minimum absolute atomic E-state index is 0.0149. The van der Waals surface area contributed by atoms with Crippen LogP contribution in [-0.2, 0) is 13.1 Å². The number of carboxylic acid groups (broad SMARTS) is 1. The minimum Gasteiger partial charge on any atom is -0.475 e. The summed E-state index contributed by atoms with van der Waals surface area (Å²) in [4.78, 5) is 12.8. The summed E-state index contributed by atoms with van der Waals surface area (Å²) >= 11 is 0. The van der Waals surface area contributed by atoms with Crippen LogP contribution in [0.15, 0.2) is 40.8 Å². The van der Waals surface area contributed by atoms with Gasteiger partial charge in [0, 0.05) is 6.54 Å². The van der Waals surface area contributed by atoms with Crippen molar-refractivity contribution in [3.63, 3.8) is 0 Å². The molecular formula is C15H17NO3. The molecule has 0 aliphatic rings. The molecule has 1 heterocycles. The fourth-order valence-electron chi connectivity index (χ4n) is 2.02. The molecule has 0 spiro atoms. The second-order valence-electron chi connectivity index (χ2n) is 4.73. The summed E-state index contributed by atoms with van der Waals surface area (Å²) in [5, 5.41) is 8.79. The molecule has 0 saturated heterocycles. The highest BCUT2D eigenvalue weighted by molar-refractivity contribution is 5.84. The van der Waals surface area contributed by atoms with E-state index in [0.29, 0.717) is 12.3 Å². The van der Waals surface area contributed by atoms with Gasteiger partial charge >= 0.3 is 5.97 Å². The average molecular weight is 259 g/mol. The number of hydrogen-bond acceptors (Lipinski definition) is 3. The third kappa shape index (κ3) is 3.69. The zero-order valence-corrected chi connectivity index (χ0v) is 11.1. The lowest BCUT2D eigenvalue weighted by Crippen LogP contribution is -2.16. The van der Waals surface area contributed by atoms with Crippen molar-refractivity contribution in [1.29, 1.82) is 0 Å². The normalized spacial score (nSPS) is 10.9. The lowest BCUT2D eigenvalue weighted by Gasteiger charge is -2.15. The van der Waals surface area contributed by atoms with Gasteiger partial charge < -0.3 is 9.52 Å². The number of furan rings is 1. The number of hydrogen-bond donors (Lipinski definition) is 1. The van der Waals surface area contributed by atoms with Crippen molar-refractivity contribution in [2.24, 2.45) is 0 Å². The Labute approximate surface area is 112 Å². The summed E-state index contributed by atoms with van der Waals surface area (Å²) in [6.07, 6.45) is 0. The highest BCUT2D eigenvalue weighted by Gasteiger charge is 2.10. The summed E-state index contributed by atoms with van der Waals surface area (Å²) in [7, 11) is 1.98. The Morgan fingerprint density at radius 3 is 2.68 bits per heavy atom. The Balaban J connectivity index is 1.97. The number of carbonyl (C=O) groups is 1. The summed E-state index contributed by atoms with van der Waals surface area (Å²) in [5.74, 6) is -0.390. The molecule has 0 bridgehead atoms. The first-order chi connectivity index (χ1) is 9.04. The Morgan fingerprint density at radius 1 is 1.26 bits per heavy atom. The highest BCUT2D eigenvalue weighted by Crippen LogP contribution is 2.12. The van der Waals surface area contributed by atoms with E-state index >= 15 is 0 Å². The Kier molecular flexibility index (Phi) is 4.02. The number of aryl methyl sites for hydroxylation is 1. The molecule has 0 aliphatic heterocycles. The van der Waals surface area contributed by atoms with Crippen molar-refractivity contribution in [1.82, 2.24) is 4.90 Å². The van der Waals surface area contributed by atoms with Gasteiger partial charge in [-0.05, 0) is 31.7 Å². The molecule has 2 aromatic rings. The van der Waals surface area contributed by atoms with Crippen LogP contribution in [0.2, 0.25) is 0 Å². The maximum Gasteiger partial charge on any atom is 0.371 e. The first-order valence-electron chi connectivity index (χ1n) is 6.10. The fourth-order valence-corrected chi connectivity index (χ4v) is 2.02.